The molecule has 288 valence electrons. The van der Waals surface area contributed by atoms with E-state index in [4.69, 9.17) is 18.9 Å². The van der Waals surface area contributed by atoms with Gasteiger partial charge in [0.25, 0.3) is 0 Å². The molecule has 0 unspecified atom stereocenters. The van der Waals surface area contributed by atoms with Gasteiger partial charge in [0, 0.05) is 19.2 Å². The summed E-state index contributed by atoms with van der Waals surface area (Å²) in [5, 5.41) is 2.89. The number of hydrogen-bond acceptors (Lipinski definition) is 5. The number of ether oxygens (including phenoxy) is 4. The number of carbonyl (C=O) groups excluding carboxylic acids is 1. The van der Waals surface area contributed by atoms with E-state index >= 15 is 0 Å². The number of nitrogens with one attached hydrogen (secondary N) is 1. The summed E-state index contributed by atoms with van der Waals surface area (Å²) in [6, 6.07) is 26.6. The average molecular weight is 732 g/mol. The minimum absolute atomic E-state index is 0.122. The van der Waals surface area contributed by atoms with Crippen molar-refractivity contribution in [1.29, 1.82) is 0 Å². The molecule has 0 fully saturated rings. The van der Waals surface area contributed by atoms with Crippen molar-refractivity contribution < 1.29 is 23.7 Å². The van der Waals surface area contributed by atoms with Gasteiger partial charge < -0.3 is 24.3 Å². The second kappa shape index (κ2) is 23.2. The van der Waals surface area contributed by atoms with E-state index in [0.717, 1.165) is 47.5 Å². The molecule has 0 atom stereocenters. The van der Waals surface area contributed by atoms with E-state index in [0.29, 0.717) is 46.2 Å². The maximum atomic E-state index is 12.3. The minimum atomic E-state index is -0.122. The molecule has 0 aromatic heterocycles. The van der Waals surface area contributed by atoms with Crippen LogP contribution in [0.15, 0.2) is 138 Å². The largest absolute Gasteiger partial charge is 0.485 e. The Bertz CT molecular complexity index is 1730. The van der Waals surface area contributed by atoms with Gasteiger partial charge in [0.05, 0.1) is 19.8 Å². The fraction of sp³-hybridized carbons (Fsp3) is 0.396. The third-order valence-electron chi connectivity index (χ3n) is 9.54. The summed E-state index contributed by atoms with van der Waals surface area (Å²) >= 11 is 0. The van der Waals surface area contributed by atoms with Crippen LogP contribution in [0.4, 0.5) is 0 Å². The number of allylic oxidation sites excluding steroid dienone is 9. The summed E-state index contributed by atoms with van der Waals surface area (Å²) in [6.45, 7) is 14.5. The first kappa shape index (κ1) is 42.1. The van der Waals surface area contributed by atoms with Crippen molar-refractivity contribution in [3.8, 4) is 11.5 Å². The smallest absolute Gasteiger partial charge is 0.244 e. The molecule has 0 radical (unpaired) electrons. The van der Waals surface area contributed by atoms with Crippen LogP contribution in [-0.2, 0) is 33.9 Å². The monoisotopic (exact) mass is 731 g/mol. The summed E-state index contributed by atoms with van der Waals surface area (Å²) < 4.78 is 23.8. The summed E-state index contributed by atoms with van der Waals surface area (Å²) in [5.41, 5.74) is 8.71. The number of unbranched alkanes of at least 4 members (excludes halogenated alkanes) is 1. The van der Waals surface area contributed by atoms with E-state index in [1.807, 2.05) is 61.5 Å². The zero-order valence-corrected chi connectivity index (χ0v) is 33.2. The SMILES string of the molecule is CC1=C(/C=C/C(C)=C/C=C/C(C)=C/C(=O)NCCOCCOCCCCc2ccc(OCc3ccccc3)c(OCc3ccccc3)c2)C(C)(C)CCC1. The molecule has 4 rings (SSSR count). The molecule has 1 N–H and O–H groups in total. The second-order valence-corrected chi connectivity index (χ2v) is 14.7. The predicted molar refractivity (Wildman–Crippen MR) is 222 cm³/mol. The van der Waals surface area contributed by atoms with Crippen molar-refractivity contribution in [2.75, 3.05) is 33.0 Å². The highest BCUT2D eigenvalue weighted by Gasteiger charge is 2.26. The van der Waals surface area contributed by atoms with Crippen molar-refractivity contribution in [1.82, 2.24) is 5.32 Å². The minimum Gasteiger partial charge on any atom is -0.485 e. The fourth-order valence-corrected chi connectivity index (χ4v) is 6.45. The van der Waals surface area contributed by atoms with Crippen molar-refractivity contribution in [3.05, 3.63) is 154 Å². The van der Waals surface area contributed by atoms with E-state index in [1.54, 1.807) is 6.08 Å². The summed E-state index contributed by atoms with van der Waals surface area (Å²) in [6.07, 6.45) is 18.7. The molecule has 1 aliphatic carbocycles. The first-order chi connectivity index (χ1) is 26.2. The molecule has 0 aliphatic heterocycles. The van der Waals surface area contributed by atoms with Crippen molar-refractivity contribution in [3.63, 3.8) is 0 Å². The number of aryl methyl sites for hydroxylation is 1. The van der Waals surface area contributed by atoms with Crippen LogP contribution >= 0.6 is 0 Å². The van der Waals surface area contributed by atoms with Gasteiger partial charge in [-0.2, -0.15) is 0 Å². The van der Waals surface area contributed by atoms with Crippen LogP contribution < -0.4 is 14.8 Å². The molecule has 54 heavy (non-hydrogen) atoms. The van der Waals surface area contributed by atoms with Gasteiger partial charge in [0.2, 0.25) is 5.91 Å². The first-order valence-electron chi connectivity index (χ1n) is 19.5. The zero-order chi connectivity index (χ0) is 38.4. The van der Waals surface area contributed by atoms with Crippen LogP contribution in [0.25, 0.3) is 0 Å². The normalized spacial score (nSPS) is 14.9. The number of hydrogen-bond donors (Lipinski definition) is 1. The number of amides is 1. The lowest BCUT2D eigenvalue weighted by Crippen LogP contribution is -2.26. The number of carbonyl (C=O) groups is 1. The third kappa shape index (κ3) is 15.8. The molecule has 3 aromatic carbocycles. The lowest BCUT2D eigenvalue weighted by molar-refractivity contribution is -0.116. The summed E-state index contributed by atoms with van der Waals surface area (Å²) in [7, 11) is 0. The molecule has 0 spiro atoms. The average Bonchev–Trinajstić information content (AvgIpc) is 3.16. The topological polar surface area (TPSA) is 66.0 Å². The standard InChI is InChI=1S/C48H61NO5/c1-38(24-26-44-40(3)18-15-28-48(44,4)5)16-14-17-39(2)34-47(50)49-29-31-52-33-32-51-30-13-12-19-41-25-27-45(53-36-42-20-8-6-9-21-42)46(35-41)54-37-43-22-10-7-11-23-43/h6-11,14,16-17,20-27,34-35H,12-13,15,18-19,28-33,36-37H2,1-5H3,(H,49,50)/b17-14+,26-24+,38-16+,39-34+. The molecule has 3 aromatic rings. The molecular formula is C48H61NO5. The molecule has 6 heteroatoms. The van der Waals surface area contributed by atoms with Crippen LogP contribution in [0.1, 0.15) is 83.4 Å². The van der Waals surface area contributed by atoms with Gasteiger partial charge in [-0.3, -0.25) is 4.79 Å². The molecule has 0 bridgehead atoms. The molecule has 1 amide bonds. The van der Waals surface area contributed by atoms with Gasteiger partial charge in [0.15, 0.2) is 11.5 Å². The Morgan fingerprint density at radius 2 is 1.43 bits per heavy atom. The predicted octanol–water partition coefficient (Wildman–Crippen LogP) is 10.8. The highest BCUT2D eigenvalue weighted by atomic mass is 16.5. The van der Waals surface area contributed by atoms with Crippen molar-refractivity contribution in [2.24, 2.45) is 5.41 Å². The number of benzene rings is 3. The highest BCUT2D eigenvalue weighted by Crippen LogP contribution is 2.40. The maximum Gasteiger partial charge on any atom is 0.244 e. The van der Waals surface area contributed by atoms with Crippen LogP contribution in [0.3, 0.4) is 0 Å². The Labute approximate surface area is 324 Å². The lowest BCUT2D eigenvalue weighted by atomic mass is 9.72. The van der Waals surface area contributed by atoms with Gasteiger partial charge in [-0.05, 0) is 105 Å². The zero-order valence-electron chi connectivity index (χ0n) is 33.2. The van der Waals surface area contributed by atoms with Crippen LogP contribution in [0.5, 0.6) is 11.5 Å². The van der Waals surface area contributed by atoms with E-state index in [-0.39, 0.29) is 11.3 Å². The Hall–Kier alpha value is -4.65. The Morgan fingerprint density at radius 1 is 0.759 bits per heavy atom. The van der Waals surface area contributed by atoms with Gasteiger partial charge in [-0.1, -0.05) is 122 Å². The summed E-state index contributed by atoms with van der Waals surface area (Å²) in [5.74, 6) is 1.38. The van der Waals surface area contributed by atoms with Gasteiger partial charge in [-0.15, -0.1) is 0 Å². The molecular weight excluding hydrogens is 671 g/mol. The summed E-state index contributed by atoms with van der Waals surface area (Å²) in [4.78, 5) is 12.3. The highest BCUT2D eigenvalue weighted by molar-refractivity contribution is 5.88. The number of rotatable bonds is 22. The third-order valence-corrected chi connectivity index (χ3v) is 9.54. The molecule has 0 heterocycles. The molecule has 0 saturated carbocycles. The Kier molecular flexibility index (Phi) is 18.1. The van der Waals surface area contributed by atoms with Crippen LogP contribution in [0.2, 0.25) is 0 Å². The van der Waals surface area contributed by atoms with Crippen molar-refractivity contribution >= 4 is 5.91 Å². The molecule has 6 nitrogen and oxygen atoms in total. The second-order valence-electron chi connectivity index (χ2n) is 14.7. The first-order valence-corrected chi connectivity index (χ1v) is 19.5. The van der Waals surface area contributed by atoms with E-state index < -0.39 is 0 Å². The Morgan fingerprint density at radius 3 is 2.11 bits per heavy atom. The lowest BCUT2D eigenvalue weighted by Gasteiger charge is -2.32. The van der Waals surface area contributed by atoms with Crippen molar-refractivity contribution in [2.45, 2.75) is 86.4 Å². The van der Waals surface area contributed by atoms with Gasteiger partial charge in [0.1, 0.15) is 13.2 Å². The van der Waals surface area contributed by atoms with E-state index in [1.165, 1.54) is 41.5 Å². The maximum absolute atomic E-state index is 12.3. The quantitative estimate of drug-likeness (QED) is 0.0633. The molecule has 0 saturated heterocycles. The molecule has 1 aliphatic rings. The van der Waals surface area contributed by atoms with Gasteiger partial charge >= 0.3 is 0 Å². The van der Waals surface area contributed by atoms with Crippen LogP contribution in [0, 0.1) is 5.41 Å². The van der Waals surface area contributed by atoms with E-state index in [9.17, 15) is 4.79 Å². The Balaban J connectivity index is 1.07. The van der Waals surface area contributed by atoms with Crippen LogP contribution in [-0.4, -0.2) is 38.9 Å². The van der Waals surface area contributed by atoms with E-state index in [2.05, 4.69) is 87.6 Å². The fourth-order valence-electron chi connectivity index (χ4n) is 6.45. The van der Waals surface area contributed by atoms with Gasteiger partial charge in [-0.25, -0.2) is 0 Å².